The zero-order valence-electron chi connectivity index (χ0n) is 7.25. The monoisotopic (exact) mass is 218 g/mol. The number of Topliss-reactive ketones (excluding diaryl/α,β-unsaturated/α-hetero) is 1. The summed E-state index contributed by atoms with van der Waals surface area (Å²) in [7, 11) is 0. The summed E-state index contributed by atoms with van der Waals surface area (Å²) in [4.78, 5) is 21.7. The Balaban J connectivity index is 2.75. The van der Waals surface area contributed by atoms with Crippen LogP contribution in [-0.2, 0) is 9.53 Å². The molecule has 0 saturated carbocycles. The zero-order valence-corrected chi connectivity index (χ0v) is 7.25. The first-order valence-corrected chi connectivity index (χ1v) is 3.79. The van der Waals surface area contributed by atoms with E-state index in [1.165, 1.54) is 24.3 Å². The van der Waals surface area contributed by atoms with E-state index in [-0.39, 0.29) is 5.56 Å². The second-order valence-electron chi connectivity index (χ2n) is 2.53. The molecule has 0 aliphatic rings. The van der Waals surface area contributed by atoms with Crippen LogP contribution in [0, 0.1) is 0 Å². The standard InChI is InChI=1S/C9H5F3O3/c10-9(11,12)15-8(14)7(13)6-4-2-1-3-5-6/h1-5H. The molecule has 0 unspecified atom stereocenters. The summed E-state index contributed by atoms with van der Waals surface area (Å²) in [6, 6.07) is 6.86. The Morgan fingerprint density at radius 2 is 1.60 bits per heavy atom. The molecule has 0 N–H and O–H groups in total. The molecular weight excluding hydrogens is 213 g/mol. The average molecular weight is 218 g/mol. The van der Waals surface area contributed by atoms with Gasteiger partial charge in [-0.15, -0.1) is 13.2 Å². The average Bonchev–Trinajstić information content (AvgIpc) is 2.15. The van der Waals surface area contributed by atoms with Gasteiger partial charge in [-0.05, 0) is 0 Å². The molecule has 0 spiro atoms. The largest absolute Gasteiger partial charge is 0.575 e. The number of esters is 1. The van der Waals surface area contributed by atoms with Crippen LogP contribution in [0.5, 0.6) is 0 Å². The second kappa shape index (κ2) is 4.12. The summed E-state index contributed by atoms with van der Waals surface area (Å²) in [6.07, 6.45) is -5.14. The van der Waals surface area contributed by atoms with Crippen molar-refractivity contribution in [3.63, 3.8) is 0 Å². The third-order valence-electron chi connectivity index (χ3n) is 1.43. The highest BCUT2D eigenvalue weighted by molar-refractivity contribution is 6.40. The molecule has 0 aliphatic carbocycles. The Morgan fingerprint density at radius 3 is 2.07 bits per heavy atom. The number of carbonyl (C=O) groups excluding carboxylic acids is 2. The Bertz CT molecular complexity index is 370. The van der Waals surface area contributed by atoms with E-state index >= 15 is 0 Å². The molecule has 0 saturated heterocycles. The number of halogens is 3. The maximum Gasteiger partial charge on any atom is 0.575 e. The van der Waals surface area contributed by atoms with Crippen LogP contribution in [0.2, 0.25) is 0 Å². The lowest BCUT2D eigenvalue weighted by Crippen LogP contribution is -2.25. The lowest BCUT2D eigenvalue weighted by molar-refractivity contribution is -0.302. The van der Waals surface area contributed by atoms with Gasteiger partial charge in [-0.25, -0.2) is 4.79 Å². The van der Waals surface area contributed by atoms with Crippen molar-refractivity contribution in [1.29, 1.82) is 0 Å². The summed E-state index contributed by atoms with van der Waals surface area (Å²) in [5.41, 5.74) is -0.147. The highest BCUT2D eigenvalue weighted by Gasteiger charge is 2.36. The summed E-state index contributed by atoms with van der Waals surface area (Å²) in [5.74, 6) is -3.26. The number of benzene rings is 1. The van der Waals surface area contributed by atoms with E-state index in [4.69, 9.17) is 0 Å². The van der Waals surface area contributed by atoms with Gasteiger partial charge >= 0.3 is 12.3 Å². The van der Waals surface area contributed by atoms with Gasteiger partial charge in [-0.2, -0.15) is 0 Å². The molecule has 1 rings (SSSR count). The Hall–Kier alpha value is -1.85. The lowest BCUT2D eigenvalue weighted by Gasteiger charge is -2.05. The molecule has 6 heteroatoms. The minimum atomic E-state index is -5.14. The number of ketones is 1. The third-order valence-corrected chi connectivity index (χ3v) is 1.43. The maximum atomic E-state index is 11.6. The second-order valence-corrected chi connectivity index (χ2v) is 2.53. The molecule has 0 aromatic heterocycles. The third kappa shape index (κ3) is 3.41. The van der Waals surface area contributed by atoms with Crippen LogP contribution in [-0.4, -0.2) is 18.1 Å². The van der Waals surface area contributed by atoms with Crippen LogP contribution >= 0.6 is 0 Å². The predicted molar refractivity (Wildman–Crippen MR) is 42.9 cm³/mol. The van der Waals surface area contributed by atoms with Crippen LogP contribution in [0.4, 0.5) is 13.2 Å². The number of ether oxygens (including phenoxy) is 1. The van der Waals surface area contributed by atoms with Crippen molar-refractivity contribution in [3.8, 4) is 0 Å². The Morgan fingerprint density at radius 1 is 1.07 bits per heavy atom. The van der Waals surface area contributed by atoms with Gasteiger partial charge in [0.25, 0.3) is 5.78 Å². The van der Waals surface area contributed by atoms with Gasteiger partial charge in [0.2, 0.25) is 0 Å². The van der Waals surface area contributed by atoms with Crippen molar-refractivity contribution in [2.24, 2.45) is 0 Å². The Labute approximate surface area is 82.5 Å². The highest BCUT2D eigenvalue weighted by Crippen LogP contribution is 2.17. The van der Waals surface area contributed by atoms with Gasteiger partial charge in [0, 0.05) is 5.56 Å². The van der Waals surface area contributed by atoms with Gasteiger partial charge < -0.3 is 4.74 Å². The van der Waals surface area contributed by atoms with Gasteiger partial charge in [-0.1, -0.05) is 30.3 Å². The summed E-state index contributed by atoms with van der Waals surface area (Å²) in [6.45, 7) is 0. The number of hydrogen-bond acceptors (Lipinski definition) is 3. The molecule has 0 radical (unpaired) electrons. The summed E-state index contributed by atoms with van der Waals surface area (Å²) < 4.78 is 37.7. The first-order valence-electron chi connectivity index (χ1n) is 3.79. The van der Waals surface area contributed by atoms with E-state index in [2.05, 4.69) is 4.74 Å². The molecule has 0 heterocycles. The van der Waals surface area contributed by atoms with Crippen molar-refractivity contribution >= 4 is 11.8 Å². The van der Waals surface area contributed by atoms with E-state index in [1.54, 1.807) is 6.07 Å². The first-order chi connectivity index (χ1) is 6.90. The van der Waals surface area contributed by atoms with Crippen LogP contribution in [0.3, 0.4) is 0 Å². The topological polar surface area (TPSA) is 43.4 Å². The predicted octanol–water partition coefficient (Wildman–Crippen LogP) is 1.93. The number of carbonyl (C=O) groups is 2. The quantitative estimate of drug-likeness (QED) is 0.432. The molecule has 0 bridgehead atoms. The summed E-state index contributed by atoms with van der Waals surface area (Å²) in [5, 5.41) is 0. The number of hydrogen-bond donors (Lipinski definition) is 0. The Kier molecular flexibility index (Phi) is 3.08. The van der Waals surface area contributed by atoms with Crippen molar-refractivity contribution in [2.45, 2.75) is 6.36 Å². The first kappa shape index (κ1) is 11.2. The van der Waals surface area contributed by atoms with Gasteiger partial charge in [0.05, 0.1) is 0 Å². The van der Waals surface area contributed by atoms with Crippen LogP contribution in [0.25, 0.3) is 0 Å². The summed E-state index contributed by atoms with van der Waals surface area (Å²) >= 11 is 0. The minimum absolute atomic E-state index is 0.147. The lowest BCUT2D eigenvalue weighted by atomic mass is 10.1. The fourth-order valence-corrected chi connectivity index (χ4v) is 0.859. The molecule has 0 atom stereocenters. The van der Waals surface area contributed by atoms with E-state index < -0.39 is 18.1 Å². The van der Waals surface area contributed by atoms with Crippen molar-refractivity contribution in [1.82, 2.24) is 0 Å². The zero-order chi connectivity index (χ0) is 11.5. The molecule has 0 fully saturated rings. The molecule has 0 amide bonds. The van der Waals surface area contributed by atoms with Crippen LogP contribution < -0.4 is 0 Å². The molecule has 0 aliphatic heterocycles. The van der Waals surface area contributed by atoms with E-state index in [9.17, 15) is 22.8 Å². The highest BCUT2D eigenvalue weighted by atomic mass is 19.4. The van der Waals surface area contributed by atoms with Crippen LogP contribution in [0.1, 0.15) is 10.4 Å². The van der Waals surface area contributed by atoms with E-state index in [0.29, 0.717) is 0 Å². The number of rotatable bonds is 2. The van der Waals surface area contributed by atoms with Crippen molar-refractivity contribution < 1.29 is 27.5 Å². The molecule has 80 valence electrons. The van der Waals surface area contributed by atoms with Gasteiger partial charge in [0.1, 0.15) is 0 Å². The normalized spacial score (nSPS) is 10.9. The van der Waals surface area contributed by atoms with Crippen molar-refractivity contribution in [2.75, 3.05) is 0 Å². The molecule has 3 nitrogen and oxygen atoms in total. The van der Waals surface area contributed by atoms with Crippen molar-refractivity contribution in [3.05, 3.63) is 35.9 Å². The minimum Gasteiger partial charge on any atom is -0.367 e. The fraction of sp³-hybridized carbons (Fsp3) is 0.111. The van der Waals surface area contributed by atoms with Gasteiger partial charge in [0.15, 0.2) is 0 Å². The number of alkyl halides is 3. The SMILES string of the molecule is O=C(OC(F)(F)F)C(=O)c1ccccc1. The van der Waals surface area contributed by atoms with E-state index in [0.717, 1.165) is 0 Å². The maximum absolute atomic E-state index is 11.6. The molecule has 1 aromatic rings. The van der Waals surface area contributed by atoms with Crippen LogP contribution in [0.15, 0.2) is 30.3 Å². The molecular formula is C9H5F3O3. The molecule has 1 aromatic carbocycles. The fourth-order valence-electron chi connectivity index (χ4n) is 0.859. The molecule has 15 heavy (non-hydrogen) atoms. The van der Waals surface area contributed by atoms with E-state index in [1.807, 2.05) is 0 Å². The van der Waals surface area contributed by atoms with Gasteiger partial charge in [-0.3, -0.25) is 4.79 Å². The smallest absolute Gasteiger partial charge is 0.367 e.